The van der Waals surface area contributed by atoms with Gasteiger partial charge in [0.25, 0.3) is 5.91 Å². The molecule has 0 fully saturated rings. The summed E-state index contributed by atoms with van der Waals surface area (Å²) in [6.45, 7) is 7.22. The average Bonchev–Trinajstić information content (AvgIpc) is 2.49. The molecule has 22 heavy (non-hydrogen) atoms. The van der Waals surface area contributed by atoms with Crippen molar-refractivity contribution in [3.63, 3.8) is 0 Å². The predicted molar refractivity (Wildman–Crippen MR) is 88.3 cm³/mol. The molecule has 0 saturated heterocycles. The molecule has 0 saturated carbocycles. The maximum Gasteiger partial charge on any atom is 0.259 e. The number of rotatable bonds is 6. The Morgan fingerprint density at radius 2 is 2.09 bits per heavy atom. The fraction of sp³-hybridized carbons (Fsp3) is 0.500. The Hall–Kier alpha value is -1.44. The molecule has 1 atom stereocenters. The second-order valence-corrected chi connectivity index (χ2v) is 6.20. The molecular weight excluding hydrogens is 323 g/mol. The standard InChI is InChI=1S/C16H20Cl2N2O2/c1-5-16(9-19,10(2)3)20-14(21)8-22-13-7-6-12(17)11(4)15(13)18/h6-7,10H,5,8H2,1-4H3,(H,20,21). The van der Waals surface area contributed by atoms with Crippen LogP contribution in [-0.2, 0) is 4.79 Å². The first-order chi connectivity index (χ1) is 10.3. The summed E-state index contributed by atoms with van der Waals surface area (Å²) in [4.78, 5) is 12.1. The average molecular weight is 343 g/mol. The molecule has 0 spiro atoms. The Bertz CT molecular complexity index is 597. The van der Waals surface area contributed by atoms with Gasteiger partial charge >= 0.3 is 0 Å². The molecule has 6 heteroatoms. The van der Waals surface area contributed by atoms with E-state index < -0.39 is 5.54 Å². The number of benzene rings is 1. The van der Waals surface area contributed by atoms with Gasteiger partial charge in [0.1, 0.15) is 11.3 Å². The molecule has 0 aliphatic heterocycles. The largest absolute Gasteiger partial charge is 0.482 e. The number of ether oxygens (including phenoxy) is 1. The van der Waals surface area contributed by atoms with E-state index in [1.807, 2.05) is 20.8 Å². The van der Waals surface area contributed by atoms with Crippen molar-refractivity contribution in [2.75, 3.05) is 6.61 Å². The fourth-order valence-electron chi connectivity index (χ4n) is 2.05. The van der Waals surface area contributed by atoms with Crippen LogP contribution >= 0.6 is 23.2 Å². The molecule has 1 N–H and O–H groups in total. The van der Waals surface area contributed by atoms with Crippen LogP contribution in [-0.4, -0.2) is 18.1 Å². The summed E-state index contributed by atoms with van der Waals surface area (Å²) in [5.41, 5.74) is -0.191. The van der Waals surface area contributed by atoms with Crippen LogP contribution in [0.1, 0.15) is 32.8 Å². The first-order valence-corrected chi connectivity index (χ1v) is 7.82. The lowest BCUT2D eigenvalue weighted by Gasteiger charge is -2.30. The highest BCUT2D eigenvalue weighted by Crippen LogP contribution is 2.32. The number of nitrogens with one attached hydrogen (secondary N) is 1. The highest BCUT2D eigenvalue weighted by molar-refractivity contribution is 6.36. The first-order valence-electron chi connectivity index (χ1n) is 7.07. The van der Waals surface area contributed by atoms with Crippen LogP contribution in [0.2, 0.25) is 10.0 Å². The number of nitrogens with zero attached hydrogens (tertiary/aromatic N) is 1. The van der Waals surface area contributed by atoms with Gasteiger partial charge in [0, 0.05) is 5.02 Å². The highest BCUT2D eigenvalue weighted by atomic mass is 35.5. The van der Waals surface area contributed by atoms with E-state index >= 15 is 0 Å². The Morgan fingerprint density at radius 3 is 2.59 bits per heavy atom. The van der Waals surface area contributed by atoms with Crippen LogP contribution in [0.3, 0.4) is 0 Å². The van der Waals surface area contributed by atoms with Gasteiger partial charge in [-0.25, -0.2) is 0 Å². The monoisotopic (exact) mass is 342 g/mol. The zero-order valence-corrected chi connectivity index (χ0v) is 14.7. The van der Waals surface area contributed by atoms with E-state index in [9.17, 15) is 10.1 Å². The molecule has 1 unspecified atom stereocenters. The quantitative estimate of drug-likeness (QED) is 0.845. The van der Waals surface area contributed by atoms with Crippen molar-refractivity contribution in [2.24, 2.45) is 5.92 Å². The topological polar surface area (TPSA) is 62.1 Å². The maximum absolute atomic E-state index is 12.1. The van der Waals surface area contributed by atoms with Crippen molar-refractivity contribution in [3.05, 3.63) is 27.7 Å². The van der Waals surface area contributed by atoms with Crippen molar-refractivity contribution >= 4 is 29.1 Å². The number of hydrogen-bond acceptors (Lipinski definition) is 3. The summed E-state index contributed by atoms with van der Waals surface area (Å²) >= 11 is 12.1. The van der Waals surface area contributed by atoms with Crippen LogP contribution in [0.4, 0.5) is 0 Å². The minimum Gasteiger partial charge on any atom is -0.482 e. The number of nitriles is 1. The number of hydrogen-bond donors (Lipinski definition) is 1. The number of carbonyl (C=O) groups excluding carboxylic acids is 1. The van der Waals surface area contributed by atoms with Crippen LogP contribution in [0.5, 0.6) is 5.75 Å². The van der Waals surface area contributed by atoms with Crippen molar-refractivity contribution in [1.82, 2.24) is 5.32 Å². The molecular formula is C16H20Cl2N2O2. The van der Waals surface area contributed by atoms with Gasteiger partial charge in [0.2, 0.25) is 0 Å². The van der Waals surface area contributed by atoms with Gasteiger partial charge in [0.15, 0.2) is 6.61 Å². The van der Waals surface area contributed by atoms with Crippen molar-refractivity contribution in [3.8, 4) is 11.8 Å². The molecule has 0 radical (unpaired) electrons. The van der Waals surface area contributed by atoms with Crippen LogP contribution in [0, 0.1) is 24.2 Å². The lowest BCUT2D eigenvalue weighted by Crippen LogP contribution is -2.52. The first kappa shape index (κ1) is 18.6. The third kappa shape index (κ3) is 4.06. The third-order valence-electron chi connectivity index (χ3n) is 3.75. The van der Waals surface area contributed by atoms with E-state index in [4.69, 9.17) is 27.9 Å². The van der Waals surface area contributed by atoms with Gasteiger partial charge in [0.05, 0.1) is 11.1 Å². The summed E-state index contributed by atoms with van der Waals surface area (Å²) in [6, 6.07) is 5.47. The highest BCUT2D eigenvalue weighted by Gasteiger charge is 2.33. The molecule has 0 aliphatic rings. The zero-order chi connectivity index (χ0) is 16.9. The Balaban J connectivity index is 2.75. The molecule has 1 aromatic carbocycles. The third-order valence-corrected chi connectivity index (χ3v) is 4.63. The second kappa shape index (κ2) is 7.71. The number of carbonyl (C=O) groups is 1. The fourth-order valence-corrected chi connectivity index (χ4v) is 2.48. The Morgan fingerprint density at radius 1 is 1.45 bits per heavy atom. The molecule has 0 aliphatic carbocycles. The molecule has 0 aromatic heterocycles. The van der Waals surface area contributed by atoms with Gasteiger partial charge in [-0.05, 0) is 37.0 Å². The minimum atomic E-state index is -0.889. The SMILES string of the molecule is CCC(C#N)(NC(=O)COc1ccc(Cl)c(C)c1Cl)C(C)C. The Kier molecular flexibility index (Phi) is 6.52. The van der Waals surface area contributed by atoms with Gasteiger partial charge in [-0.2, -0.15) is 5.26 Å². The summed E-state index contributed by atoms with van der Waals surface area (Å²) in [5.74, 6) is 0.0240. The zero-order valence-electron chi connectivity index (χ0n) is 13.2. The van der Waals surface area contributed by atoms with Crippen LogP contribution in [0.25, 0.3) is 0 Å². The van der Waals surface area contributed by atoms with E-state index in [-0.39, 0.29) is 18.4 Å². The van der Waals surface area contributed by atoms with Gasteiger partial charge in [-0.15, -0.1) is 0 Å². The molecule has 1 rings (SSSR count). The predicted octanol–water partition coefficient (Wildman–Crippen LogP) is 4.13. The number of halogens is 2. The number of amides is 1. The summed E-state index contributed by atoms with van der Waals surface area (Å²) < 4.78 is 5.44. The molecule has 120 valence electrons. The van der Waals surface area contributed by atoms with Crippen molar-refractivity contribution in [2.45, 2.75) is 39.7 Å². The lowest BCUT2D eigenvalue weighted by atomic mass is 9.85. The van der Waals surface area contributed by atoms with Crippen molar-refractivity contribution in [1.29, 1.82) is 5.26 Å². The van der Waals surface area contributed by atoms with Gasteiger partial charge in [-0.3, -0.25) is 4.79 Å². The lowest BCUT2D eigenvalue weighted by molar-refractivity contribution is -0.125. The molecule has 0 heterocycles. The maximum atomic E-state index is 12.1. The van der Waals surface area contributed by atoms with Crippen LogP contribution < -0.4 is 10.1 Å². The summed E-state index contributed by atoms with van der Waals surface area (Å²) in [6.07, 6.45) is 0.522. The Labute approximate surface area is 141 Å². The van der Waals surface area contributed by atoms with Crippen molar-refractivity contribution < 1.29 is 9.53 Å². The van der Waals surface area contributed by atoms with E-state index in [2.05, 4.69) is 11.4 Å². The normalized spacial score (nSPS) is 13.4. The molecule has 0 bridgehead atoms. The van der Waals surface area contributed by atoms with E-state index in [1.54, 1.807) is 19.1 Å². The summed E-state index contributed by atoms with van der Waals surface area (Å²) in [5, 5.41) is 13.0. The van der Waals surface area contributed by atoms with Gasteiger partial charge < -0.3 is 10.1 Å². The molecule has 4 nitrogen and oxygen atoms in total. The van der Waals surface area contributed by atoms with Gasteiger partial charge in [-0.1, -0.05) is 44.0 Å². The minimum absolute atomic E-state index is 0.00665. The van der Waals surface area contributed by atoms with E-state index in [0.717, 1.165) is 0 Å². The van der Waals surface area contributed by atoms with E-state index in [0.29, 0.717) is 27.8 Å². The van der Waals surface area contributed by atoms with Crippen LogP contribution in [0.15, 0.2) is 12.1 Å². The summed E-state index contributed by atoms with van der Waals surface area (Å²) in [7, 11) is 0. The van der Waals surface area contributed by atoms with E-state index in [1.165, 1.54) is 0 Å². The second-order valence-electron chi connectivity index (χ2n) is 5.41. The molecule has 1 aromatic rings. The smallest absolute Gasteiger partial charge is 0.259 e. The molecule has 1 amide bonds.